The second kappa shape index (κ2) is 10.5. The van der Waals surface area contributed by atoms with Crippen LogP contribution in [-0.4, -0.2) is 80.1 Å². The van der Waals surface area contributed by atoms with Gasteiger partial charge in [-0.05, 0) is 41.5 Å². The summed E-state index contributed by atoms with van der Waals surface area (Å²) in [6.07, 6.45) is -1.00. The Hall–Kier alpha value is -1.30. The molecule has 3 rings (SSSR count). The van der Waals surface area contributed by atoms with Gasteiger partial charge in [0.15, 0.2) is 17.4 Å². The third-order valence-electron chi connectivity index (χ3n) is 5.83. The largest absolute Gasteiger partial charge is 0.466 e. The summed E-state index contributed by atoms with van der Waals surface area (Å²) in [6.45, 7) is 12.1. The smallest absolute Gasteiger partial charge is 0.305 e. The molecule has 10 heteroatoms. The Morgan fingerprint density at radius 3 is 1.67 bits per heavy atom. The van der Waals surface area contributed by atoms with E-state index in [1.807, 2.05) is 27.7 Å². The van der Waals surface area contributed by atoms with Crippen molar-refractivity contribution in [1.29, 1.82) is 0 Å². The molecule has 0 aromatic rings. The SMILES string of the molecule is CCOC(=O)CCC1(CCC(=O)OCC)OCC(C2OC(C)(C)OC2C2COC(C)(C)O2)O1. The summed E-state index contributed by atoms with van der Waals surface area (Å²) in [5, 5.41) is 0. The zero-order chi connectivity index (χ0) is 24.3. The van der Waals surface area contributed by atoms with Gasteiger partial charge in [0.25, 0.3) is 0 Å². The van der Waals surface area contributed by atoms with Gasteiger partial charge in [-0.25, -0.2) is 0 Å². The van der Waals surface area contributed by atoms with Crippen molar-refractivity contribution in [2.24, 2.45) is 0 Å². The zero-order valence-electron chi connectivity index (χ0n) is 20.5. The van der Waals surface area contributed by atoms with Crippen LogP contribution in [0.25, 0.3) is 0 Å². The minimum absolute atomic E-state index is 0.105. The monoisotopic (exact) mass is 474 g/mol. The molecule has 3 heterocycles. The van der Waals surface area contributed by atoms with E-state index in [0.29, 0.717) is 19.8 Å². The fraction of sp³-hybridized carbons (Fsp3) is 0.913. The molecule has 3 saturated heterocycles. The first-order valence-corrected chi connectivity index (χ1v) is 11.8. The fourth-order valence-corrected chi connectivity index (χ4v) is 4.45. The van der Waals surface area contributed by atoms with Crippen LogP contribution in [0, 0.1) is 0 Å². The van der Waals surface area contributed by atoms with Crippen LogP contribution < -0.4 is 0 Å². The Morgan fingerprint density at radius 2 is 1.21 bits per heavy atom. The van der Waals surface area contributed by atoms with Crippen LogP contribution in [0.2, 0.25) is 0 Å². The van der Waals surface area contributed by atoms with Gasteiger partial charge in [0, 0.05) is 12.8 Å². The molecule has 0 aliphatic carbocycles. The lowest BCUT2D eigenvalue weighted by molar-refractivity contribution is -0.201. The first-order valence-electron chi connectivity index (χ1n) is 11.8. The lowest BCUT2D eigenvalue weighted by atomic mass is 10.0. The molecule has 0 spiro atoms. The highest BCUT2D eigenvalue weighted by Gasteiger charge is 2.56. The molecule has 0 amide bonds. The number of carbonyl (C=O) groups is 2. The topological polar surface area (TPSA) is 108 Å². The molecule has 4 unspecified atom stereocenters. The normalized spacial score (nSPS) is 32.1. The first kappa shape index (κ1) is 26.3. The average molecular weight is 475 g/mol. The lowest BCUT2D eigenvalue weighted by Crippen LogP contribution is -2.45. The van der Waals surface area contributed by atoms with Crippen molar-refractivity contribution < 1.29 is 47.5 Å². The molecule has 190 valence electrons. The van der Waals surface area contributed by atoms with E-state index in [1.54, 1.807) is 13.8 Å². The van der Waals surface area contributed by atoms with Crippen molar-refractivity contribution in [3.63, 3.8) is 0 Å². The molecule has 3 fully saturated rings. The molecular weight excluding hydrogens is 436 g/mol. The quantitative estimate of drug-likeness (QED) is 0.438. The second-order valence-corrected chi connectivity index (χ2v) is 9.42. The summed E-state index contributed by atoms with van der Waals surface area (Å²) in [6, 6.07) is 0. The Labute approximate surface area is 195 Å². The summed E-state index contributed by atoms with van der Waals surface area (Å²) in [5.41, 5.74) is 0. The van der Waals surface area contributed by atoms with Crippen molar-refractivity contribution in [1.82, 2.24) is 0 Å². The van der Waals surface area contributed by atoms with Crippen molar-refractivity contribution in [2.75, 3.05) is 26.4 Å². The van der Waals surface area contributed by atoms with Crippen LogP contribution in [-0.2, 0) is 47.5 Å². The number of ether oxygens (including phenoxy) is 8. The minimum atomic E-state index is -1.13. The van der Waals surface area contributed by atoms with E-state index in [0.717, 1.165) is 0 Å². The van der Waals surface area contributed by atoms with Gasteiger partial charge in [-0.15, -0.1) is 0 Å². The molecule has 0 radical (unpaired) electrons. The number of rotatable bonds is 10. The van der Waals surface area contributed by atoms with Gasteiger partial charge in [0.05, 0.1) is 39.3 Å². The molecule has 3 aliphatic heterocycles. The zero-order valence-corrected chi connectivity index (χ0v) is 20.5. The van der Waals surface area contributed by atoms with Crippen molar-refractivity contribution in [3.05, 3.63) is 0 Å². The third kappa shape index (κ3) is 6.86. The molecule has 0 bridgehead atoms. The summed E-state index contributed by atoms with van der Waals surface area (Å²) in [7, 11) is 0. The average Bonchev–Trinajstić information content (AvgIpc) is 3.40. The Bertz CT molecular complexity index is 669. The lowest BCUT2D eigenvalue weighted by Gasteiger charge is -2.30. The highest BCUT2D eigenvalue weighted by atomic mass is 16.8. The standard InChI is InChI=1S/C23H38O10/c1-7-26-17(24)9-11-23(12-10-18(25)27-8-2)29-14-16(31-23)20-19(32-22(5,6)33-20)15-13-28-21(3,4)30-15/h15-16,19-20H,7-14H2,1-6H3. The van der Waals surface area contributed by atoms with E-state index in [2.05, 4.69) is 0 Å². The molecule has 0 aromatic heterocycles. The highest BCUT2D eigenvalue weighted by molar-refractivity contribution is 5.70. The second-order valence-electron chi connectivity index (χ2n) is 9.42. The van der Waals surface area contributed by atoms with E-state index in [-0.39, 0.29) is 50.3 Å². The third-order valence-corrected chi connectivity index (χ3v) is 5.83. The number of hydrogen-bond acceptors (Lipinski definition) is 10. The summed E-state index contributed by atoms with van der Waals surface area (Å²) < 4.78 is 46.7. The van der Waals surface area contributed by atoms with Crippen LogP contribution in [0.1, 0.15) is 67.2 Å². The van der Waals surface area contributed by atoms with Crippen LogP contribution in [0.4, 0.5) is 0 Å². The number of hydrogen-bond donors (Lipinski definition) is 0. The molecule has 0 aromatic carbocycles. The summed E-state index contributed by atoms with van der Waals surface area (Å²) in [4.78, 5) is 24.0. The van der Waals surface area contributed by atoms with Gasteiger partial charge in [-0.1, -0.05) is 0 Å². The van der Waals surface area contributed by atoms with Crippen LogP contribution in [0.3, 0.4) is 0 Å². The van der Waals surface area contributed by atoms with Crippen LogP contribution in [0.15, 0.2) is 0 Å². The predicted octanol–water partition coefficient (Wildman–Crippen LogP) is 2.46. The molecule has 3 aliphatic rings. The van der Waals surface area contributed by atoms with E-state index < -0.39 is 35.7 Å². The van der Waals surface area contributed by atoms with Crippen molar-refractivity contribution in [2.45, 2.75) is 109 Å². The van der Waals surface area contributed by atoms with Gasteiger partial charge in [-0.3, -0.25) is 9.59 Å². The summed E-state index contributed by atoms with van der Waals surface area (Å²) >= 11 is 0. The van der Waals surface area contributed by atoms with Crippen LogP contribution >= 0.6 is 0 Å². The number of esters is 2. The first-order chi connectivity index (χ1) is 15.5. The Morgan fingerprint density at radius 1 is 0.727 bits per heavy atom. The molecular formula is C23H38O10. The Kier molecular flexibility index (Phi) is 8.40. The maximum absolute atomic E-state index is 12.0. The predicted molar refractivity (Wildman–Crippen MR) is 114 cm³/mol. The summed E-state index contributed by atoms with van der Waals surface area (Å²) in [5.74, 6) is -3.36. The maximum atomic E-state index is 12.0. The van der Waals surface area contributed by atoms with E-state index >= 15 is 0 Å². The fourth-order valence-electron chi connectivity index (χ4n) is 4.45. The minimum Gasteiger partial charge on any atom is -0.466 e. The van der Waals surface area contributed by atoms with Gasteiger partial charge < -0.3 is 37.9 Å². The Balaban J connectivity index is 1.71. The maximum Gasteiger partial charge on any atom is 0.305 e. The van der Waals surface area contributed by atoms with E-state index in [1.165, 1.54) is 0 Å². The molecule has 0 saturated carbocycles. The van der Waals surface area contributed by atoms with Crippen molar-refractivity contribution >= 4 is 11.9 Å². The molecule has 10 nitrogen and oxygen atoms in total. The molecule has 33 heavy (non-hydrogen) atoms. The number of carbonyl (C=O) groups excluding carboxylic acids is 2. The molecule has 0 N–H and O–H groups in total. The highest BCUT2D eigenvalue weighted by Crippen LogP contribution is 2.42. The van der Waals surface area contributed by atoms with Gasteiger partial charge in [-0.2, -0.15) is 0 Å². The van der Waals surface area contributed by atoms with E-state index in [4.69, 9.17) is 37.9 Å². The van der Waals surface area contributed by atoms with Crippen LogP contribution in [0.5, 0.6) is 0 Å². The van der Waals surface area contributed by atoms with Gasteiger partial charge >= 0.3 is 11.9 Å². The van der Waals surface area contributed by atoms with Crippen molar-refractivity contribution in [3.8, 4) is 0 Å². The molecule has 4 atom stereocenters. The van der Waals surface area contributed by atoms with Gasteiger partial charge in [0.1, 0.15) is 24.4 Å². The van der Waals surface area contributed by atoms with Gasteiger partial charge in [0.2, 0.25) is 0 Å². The van der Waals surface area contributed by atoms with E-state index in [9.17, 15) is 9.59 Å².